The van der Waals surface area contributed by atoms with Crippen LogP contribution >= 0.6 is 0 Å². The van der Waals surface area contributed by atoms with Gasteiger partial charge in [-0.25, -0.2) is 0 Å². The SMILES string of the molecule is CCC1CCN[C@@H]1C(=O)C(C)C. The monoisotopic (exact) mass is 169 g/mol. The number of Topliss-reactive ketones (excluding diaryl/α,β-unsaturated/α-hetero) is 1. The van der Waals surface area contributed by atoms with E-state index in [2.05, 4.69) is 12.2 Å². The lowest BCUT2D eigenvalue weighted by Gasteiger charge is -2.18. The zero-order valence-corrected chi connectivity index (χ0v) is 8.26. The number of carbonyl (C=O) groups excluding carboxylic acids is 1. The lowest BCUT2D eigenvalue weighted by molar-refractivity contribution is -0.124. The van der Waals surface area contributed by atoms with Crippen LogP contribution in [0.3, 0.4) is 0 Å². The number of carbonyl (C=O) groups is 1. The minimum absolute atomic E-state index is 0.148. The summed E-state index contributed by atoms with van der Waals surface area (Å²) in [5, 5.41) is 3.29. The number of ketones is 1. The van der Waals surface area contributed by atoms with Gasteiger partial charge in [-0.1, -0.05) is 27.2 Å². The molecule has 0 aliphatic carbocycles. The van der Waals surface area contributed by atoms with Gasteiger partial charge in [0.05, 0.1) is 6.04 Å². The van der Waals surface area contributed by atoms with Crippen molar-refractivity contribution in [3.8, 4) is 0 Å². The lowest BCUT2D eigenvalue weighted by atomic mass is 9.90. The van der Waals surface area contributed by atoms with E-state index in [4.69, 9.17) is 0 Å². The summed E-state index contributed by atoms with van der Waals surface area (Å²) in [5.74, 6) is 1.15. The number of rotatable bonds is 3. The second-order valence-corrected chi connectivity index (χ2v) is 3.95. The number of nitrogens with one attached hydrogen (secondary N) is 1. The zero-order chi connectivity index (χ0) is 9.14. The van der Waals surface area contributed by atoms with Crippen molar-refractivity contribution in [2.45, 2.75) is 39.7 Å². The van der Waals surface area contributed by atoms with Gasteiger partial charge >= 0.3 is 0 Å². The normalized spacial score (nSPS) is 29.7. The molecule has 2 heteroatoms. The Morgan fingerprint density at radius 2 is 2.25 bits per heavy atom. The van der Waals surface area contributed by atoms with E-state index in [-0.39, 0.29) is 12.0 Å². The fraction of sp³-hybridized carbons (Fsp3) is 0.900. The maximum atomic E-state index is 11.7. The molecule has 0 aromatic heterocycles. The summed E-state index contributed by atoms with van der Waals surface area (Å²) in [6, 6.07) is 0.148. The summed E-state index contributed by atoms with van der Waals surface area (Å²) in [6.45, 7) is 7.14. The Bertz CT molecular complexity index is 165. The van der Waals surface area contributed by atoms with Crippen molar-refractivity contribution in [2.24, 2.45) is 11.8 Å². The van der Waals surface area contributed by atoms with Crippen LogP contribution in [0.2, 0.25) is 0 Å². The molecule has 0 amide bonds. The summed E-state index contributed by atoms with van der Waals surface area (Å²) < 4.78 is 0. The molecule has 70 valence electrons. The first kappa shape index (κ1) is 9.72. The third kappa shape index (κ3) is 1.86. The highest BCUT2D eigenvalue weighted by Crippen LogP contribution is 2.21. The van der Waals surface area contributed by atoms with Crippen molar-refractivity contribution in [3.63, 3.8) is 0 Å². The van der Waals surface area contributed by atoms with Crippen LogP contribution in [0.1, 0.15) is 33.6 Å². The average molecular weight is 169 g/mol. The predicted molar refractivity (Wildman–Crippen MR) is 50.0 cm³/mol. The van der Waals surface area contributed by atoms with Gasteiger partial charge < -0.3 is 5.32 Å². The molecular formula is C10H19NO. The second-order valence-electron chi connectivity index (χ2n) is 3.95. The maximum Gasteiger partial charge on any atom is 0.152 e. The van der Waals surface area contributed by atoms with Crippen LogP contribution in [0.15, 0.2) is 0 Å². The Morgan fingerprint density at radius 3 is 2.75 bits per heavy atom. The summed E-state index contributed by atoms with van der Waals surface area (Å²) in [5.41, 5.74) is 0. The molecule has 0 bridgehead atoms. The lowest BCUT2D eigenvalue weighted by Crippen LogP contribution is -2.38. The van der Waals surface area contributed by atoms with Gasteiger partial charge in [0.1, 0.15) is 0 Å². The highest BCUT2D eigenvalue weighted by molar-refractivity contribution is 5.86. The summed E-state index contributed by atoms with van der Waals surface area (Å²) >= 11 is 0. The van der Waals surface area contributed by atoms with Crippen molar-refractivity contribution in [3.05, 3.63) is 0 Å². The fourth-order valence-electron chi connectivity index (χ4n) is 1.89. The Labute approximate surface area is 74.7 Å². The average Bonchev–Trinajstić information content (AvgIpc) is 2.49. The van der Waals surface area contributed by atoms with Gasteiger partial charge in [0.25, 0.3) is 0 Å². The van der Waals surface area contributed by atoms with Crippen LogP contribution < -0.4 is 5.32 Å². The molecule has 2 atom stereocenters. The molecule has 2 nitrogen and oxygen atoms in total. The number of hydrogen-bond donors (Lipinski definition) is 1. The molecule has 1 aliphatic rings. The molecule has 0 radical (unpaired) electrons. The van der Waals surface area contributed by atoms with Gasteiger partial charge in [-0.2, -0.15) is 0 Å². The molecule has 12 heavy (non-hydrogen) atoms. The smallest absolute Gasteiger partial charge is 0.152 e. The second kappa shape index (κ2) is 4.04. The van der Waals surface area contributed by atoms with Crippen LogP contribution in [-0.2, 0) is 4.79 Å². The first-order chi connectivity index (χ1) is 5.66. The minimum atomic E-state index is 0.148. The molecule has 0 saturated carbocycles. The van der Waals surface area contributed by atoms with Crippen LogP contribution in [0, 0.1) is 11.8 Å². The predicted octanol–water partition coefficient (Wildman–Crippen LogP) is 1.60. The molecular weight excluding hydrogens is 150 g/mol. The van der Waals surface area contributed by atoms with Crippen LogP contribution in [0.25, 0.3) is 0 Å². The van der Waals surface area contributed by atoms with E-state index in [0.717, 1.165) is 13.0 Å². The third-order valence-electron chi connectivity index (χ3n) is 2.75. The first-order valence-electron chi connectivity index (χ1n) is 4.94. The number of hydrogen-bond acceptors (Lipinski definition) is 2. The zero-order valence-electron chi connectivity index (χ0n) is 8.26. The summed E-state index contributed by atoms with van der Waals surface area (Å²) in [7, 11) is 0. The fourth-order valence-corrected chi connectivity index (χ4v) is 1.89. The molecule has 1 rings (SSSR count). The molecule has 0 spiro atoms. The van der Waals surface area contributed by atoms with Gasteiger partial charge in [-0.15, -0.1) is 0 Å². The van der Waals surface area contributed by atoms with Gasteiger partial charge in [0.15, 0.2) is 5.78 Å². The first-order valence-corrected chi connectivity index (χ1v) is 4.94. The molecule has 1 N–H and O–H groups in total. The molecule has 1 fully saturated rings. The summed E-state index contributed by atoms with van der Waals surface area (Å²) in [4.78, 5) is 11.7. The van der Waals surface area contributed by atoms with Gasteiger partial charge in [-0.3, -0.25) is 4.79 Å². The minimum Gasteiger partial charge on any atom is -0.307 e. The third-order valence-corrected chi connectivity index (χ3v) is 2.75. The van der Waals surface area contributed by atoms with Gasteiger partial charge in [0.2, 0.25) is 0 Å². The van der Waals surface area contributed by atoms with E-state index < -0.39 is 0 Å². The van der Waals surface area contributed by atoms with E-state index in [9.17, 15) is 4.79 Å². The van der Waals surface area contributed by atoms with Crippen LogP contribution in [0.4, 0.5) is 0 Å². The van der Waals surface area contributed by atoms with Gasteiger partial charge in [0, 0.05) is 5.92 Å². The molecule has 1 aliphatic heterocycles. The van der Waals surface area contributed by atoms with E-state index in [1.807, 2.05) is 13.8 Å². The van der Waals surface area contributed by atoms with Crippen molar-refractivity contribution in [1.29, 1.82) is 0 Å². The van der Waals surface area contributed by atoms with E-state index in [0.29, 0.717) is 11.7 Å². The molecule has 1 heterocycles. The van der Waals surface area contributed by atoms with E-state index >= 15 is 0 Å². The Balaban J connectivity index is 2.55. The Kier molecular flexibility index (Phi) is 3.27. The maximum absolute atomic E-state index is 11.7. The van der Waals surface area contributed by atoms with Crippen molar-refractivity contribution in [2.75, 3.05) is 6.54 Å². The van der Waals surface area contributed by atoms with E-state index in [1.54, 1.807) is 0 Å². The highest BCUT2D eigenvalue weighted by atomic mass is 16.1. The topological polar surface area (TPSA) is 29.1 Å². The quantitative estimate of drug-likeness (QED) is 0.695. The Morgan fingerprint density at radius 1 is 1.58 bits per heavy atom. The Hall–Kier alpha value is -0.370. The molecule has 0 aromatic carbocycles. The molecule has 1 unspecified atom stereocenters. The standard InChI is InChI=1S/C10H19NO/c1-4-8-5-6-11-9(8)10(12)7(2)3/h7-9,11H,4-6H2,1-3H3/t8?,9-/m0/s1. The van der Waals surface area contributed by atoms with E-state index in [1.165, 1.54) is 6.42 Å². The summed E-state index contributed by atoms with van der Waals surface area (Å²) in [6.07, 6.45) is 2.29. The molecule has 1 saturated heterocycles. The molecule has 0 aromatic rings. The van der Waals surface area contributed by atoms with Gasteiger partial charge in [-0.05, 0) is 18.9 Å². The highest BCUT2D eigenvalue weighted by Gasteiger charge is 2.31. The largest absolute Gasteiger partial charge is 0.307 e. The van der Waals surface area contributed by atoms with Crippen LogP contribution in [0.5, 0.6) is 0 Å². The van der Waals surface area contributed by atoms with Crippen molar-refractivity contribution >= 4 is 5.78 Å². The van der Waals surface area contributed by atoms with Crippen LogP contribution in [-0.4, -0.2) is 18.4 Å². The van der Waals surface area contributed by atoms with Crippen molar-refractivity contribution in [1.82, 2.24) is 5.32 Å². The van der Waals surface area contributed by atoms with Crippen molar-refractivity contribution < 1.29 is 4.79 Å².